The summed E-state index contributed by atoms with van der Waals surface area (Å²) < 4.78 is 2.14. The van der Waals surface area contributed by atoms with Gasteiger partial charge in [-0.1, -0.05) is 115 Å². The summed E-state index contributed by atoms with van der Waals surface area (Å²) in [6.07, 6.45) is 1.69. The minimum Gasteiger partial charge on any atom is -0.308 e. The first-order valence-corrected chi connectivity index (χ1v) is 16.2. The van der Waals surface area contributed by atoms with Crippen molar-refractivity contribution in [2.24, 2.45) is 5.92 Å². The van der Waals surface area contributed by atoms with Crippen LogP contribution in [0.5, 0.6) is 0 Å². The van der Waals surface area contributed by atoms with E-state index < -0.39 is 5.54 Å². The van der Waals surface area contributed by atoms with Crippen LogP contribution < -0.4 is 5.32 Å². The third kappa shape index (κ3) is 5.21. The van der Waals surface area contributed by atoms with E-state index in [1.807, 2.05) is 0 Å². The number of rotatable bonds is 7. The van der Waals surface area contributed by atoms with E-state index >= 15 is 0 Å². The molecule has 0 aliphatic carbocycles. The Bertz CT molecular complexity index is 1860. The predicted molar refractivity (Wildman–Crippen MR) is 188 cm³/mol. The fourth-order valence-electron chi connectivity index (χ4n) is 7.29. The molecular formula is C41H40N4O. The number of carbonyl (C=O) groups excluding carboxylic acids is 1. The molecule has 0 radical (unpaired) electrons. The van der Waals surface area contributed by atoms with Crippen LogP contribution in [0.4, 0.5) is 5.82 Å². The van der Waals surface area contributed by atoms with Crippen molar-refractivity contribution < 1.29 is 4.79 Å². The van der Waals surface area contributed by atoms with Crippen molar-refractivity contribution in [3.63, 3.8) is 0 Å². The Labute approximate surface area is 271 Å². The monoisotopic (exact) mass is 604 g/mol. The van der Waals surface area contributed by atoms with E-state index in [0.717, 1.165) is 59.1 Å². The lowest BCUT2D eigenvalue weighted by Crippen LogP contribution is -2.39. The van der Waals surface area contributed by atoms with Crippen LogP contribution in [0.3, 0.4) is 0 Å². The maximum absolute atomic E-state index is 13.9. The van der Waals surface area contributed by atoms with Crippen molar-refractivity contribution in [2.75, 3.05) is 25.5 Å². The Morgan fingerprint density at radius 3 is 1.76 bits per heavy atom. The Hall–Kier alpha value is -5.00. The lowest BCUT2D eigenvalue weighted by atomic mass is 9.77. The van der Waals surface area contributed by atoms with Crippen LogP contribution in [0.1, 0.15) is 40.7 Å². The van der Waals surface area contributed by atoms with Gasteiger partial charge in [-0.2, -0.15) is 5.10 Å². The standard InChI is InChI=1S/C41H40N4O/c1-29-14-13-15-30(2)38(29)32-22-23-37-36(28-32)39(42-40(46)31-24-26-44(3)27-25-31)43-45(37)41(33-16-7-4-8-17-33,34-18-9-5-10-19-34)35-20-11-6-12-21-35/h4-23,28,31H,24-27H2,1-3H3,(H,42,43,46). The molecule has 2 heterocycles. The maximum atomic E-state index is 13.9. The smallest absolute Gasteiger partial charge is 0.228 e. The molecule has 1 aromatic heterocycles. The largest absolute Gasteiger partial charge is 0.308 e. The topological polar surface area (TPSA) is 50.2 Å². The van der Waals surface area contributed by atoms with Crippen molar-refractivity contribution >= 4 is 22.6 Å². The van der Waals surface area contributed by atoms with Gasteiger partial charge in [-0.05, 0) is 97.9 Å². The van der Waals surface area contributed by atoms with Gasteiger partial charge in [0, 0.05) is 11.3 Å². The normalized spacial score (nSPS) is 14.4. The second-order valence-electron chi connectivity index (χ2n) is 12.6. The van der Waals surface area contributed by atoms with Gasteiger partial charge in [0.15, 0.2) is 5.82 Å². The fourth-order valence-corrected chi connectivity index (χ4v) is 7.29. The molecule has 1 fully saturated rings. The van der Waals surface area contributed by atoms with Gasteiger partial charge < -0.3 is 10.2 Å². The van der Waals surface area contributed by atoms with Gasteiger partial charge in [0.1, 0.15) is 5.54 Å². The molecule has 0 spiro atoms. The minimum absolute atomic E-state index is 0.0414. The van der Waals surface area contributed by atoms with Gasteiger partial charge in [-0.25, -0.2) is 4.68 Å². The number of aromatic nitrogens is 2. The molecule has 230 valence electrons. The van der Waals surface area contributed by atoms with E-state index in [1.165, 1.54) is 16.7 Å². The second-order valence-corrected chi connectivity index (χ2v) is 12.6. The van der Waals surface area contributed by atoms with Gasteiger partial charge >= 0.3 is 0 Å². The lowest BCUT2D eigenvalue weighted by molar-refractivity contribution is -0.121. The highest BCUT2D eigenvalue weighted by Gasteiger charge is 2.41. The first kappa shape index (κ1) is 29.7. The van der Waals surface area contributed by atoms with Gasteiger partial charge in [0.25, 0.3) is 0 Å². The molecule has 7 rings (SSSR count). The van der Waals surface area contributed by atoms with Crippen LogP contribution in [0, 0.1) is 19.8 Å². The van der Waals surface area contributed by atoms with Crippen molar-refractivity contribution in [1.29, 1.82) is 0 Å². The highest BCUT2D eigenvalue weighted by Crippen LogP contribution is 2.44. The molecule has 0 unspecified atom stereocenters. The number of benzene rings is 5. The van der Waals surface area contributed by atoms with Gasteiger partial charge in [0.05, 0.1) is 5.52 Å². The number of piperidine rings is 1. The number of amides is 1. The molecule has 1 amide bonds. The first-order chi connectivity index (χ1) is 22.5. The summed E-state index contributed by atoms with van der Waals surface area (Å²) in [5, 5.41) is 9.65. The number of anilines is 1. The molecular weight excluding hydrogens is 564 g/mol. The van der Waals surface area contributed by atoms with Gasteiger partial charge in [-0.3, -0.25) is 4.79 Å². The first-order valence-electron chi connectivity index (χ1n) is 16.2. The SMILES string of the molecule is Cc1cccc(C)c1-c1ccc2c(c1)c(NC(=O)C1CCN(C)CC1)nn2C(c1ccccc1)(c1ccccc1)c1ccccc1. The number of aryl methyl sites for hydroxylation is 2. The van der Waals surface area contributed by atoms with E-state index in [2.05, 4.69) is 163 Å². The van der Waals surface area contributed by atoms with E-state index in [-0.39, 0.29) is 11.8 Å². The van der Waals surface area contributed by atoms with Crippen LogP contribution in [0.2, 0.25) is 0 Å². The van der Waals surface area contributed by atoms with Crippen LogP contribution in [-0.2, 0) is 10.3 Å². The number of nitrogens with zero attached hydrogens (tertiary/aromatic N) is 3. The molecule has 1 aliphatic heterocycles. The number of likely N-dealkylation sites (tertiary alicyclic amines) is 1. The van der Waals surface area contributed by atoms with Gasteiger partial charge in [0.2, 0.25) is 5.91 Å². The summed E-state index contributed by atoms with van der Waals surface area (Å²) in [6.45, 7) is 6.15. The van der Waals surface area contributed by atoms with E-state index in [0.29, 0.717) is 5.82 Å². The summed E-state index contributed by atoms with van der Waals surface area (Å²) in [6, 6.07) is 44.7. The van der Waals surface area contributed by atoms with E-state index in [4.69, 9.17) is 5.10 Å². The van der Waals surface area contributed by atoms with Crippen LogP contribution in [-0.4, -0.2) is 40.7 Å². The molecule has 6 aromatic rings. The van der Waals surface area contributed by atoms with Gasteiger partial charge in [-0.15, -0.1) is 0 Å². The Morgan fingerprint density at radius 2 is 1.24 bits per heavy atom. The van der Waals surface area contributed by atoms with Crippen LogP contribution in [0.25, 0.3) is 22.0 Å². The molecule has 0 atom stereocenters. The molecule has 5 heteroatoms. The molecule has 0 bridgehead atoms. The predicted octanol–water partition coefficient (Wildman–Crippen LogP) is 8.44. The summed E-state index contributed by atoms with van der Waals surface area (Å²) in [4.78, 5) is 16.2. The lowest BCUT2D eigenvalue weighted by Gasteiger charge is -2.37. The summed E-state index contributed by atoms with van der Waals surface area (Å²) in [7, 11) is 2.12. The van der Waals surface area contributed by atoms with Crippen molar-refractivity contribution in [3.8, 4) is 11.1 Å². The summed E-state index contributed by atoms with van der Waals surface area (Å²) >= 11 is 0. The van der Waals surface area contributed by atoms with Crippen molar-refractivity contribution in [3.05, 3.63) is 155 Å². The van der Waals surface area contributed by atoms with Crippen LogP contribution in [0.15, 0.2) is 127 Å². The van der Waals surface area contributed by atoms with Crippen LogP contribution >= 0.6 is 0 Å². The summed E-state index contributed by atoms with van der Waals surface area (Å²) in [5.41, 5.74) is 8.17. The average Bonchev–Trinajstić information content (AvgIpc) is 3.44. The average molecular weight is 605 g/mol. The molecule has 5 aromatic carbocycles. The molecule has 5 nitrogen and oxygen atoms in total. The van der Waals surface area contributed by atoms with Crippen molar-refractivity contribution in [1.82, 2.24) is 14.7 Å². The number of hydrogen-bond acceptors (Lipinski definition) is 3. The molecule has 0 saturated carbocycles. The van der Waals surface area contributed by atoms with Crippen molar-refractivity contribution in [2.45, 2.75) is 32.2 Å². The highest BCUT2D eigenvalue weighted by molar-refractivity contribution is 6.02. The van der Waals surface area contributed by atoms with E-state index in [1.54, 1.807) is 0 Å². The Balaban J connectivity index is 1.51. The molecule has 1 aliphatic rings. The zero-order chi connectivity index (χ0) is 31.7. The third-order valence-electron chi connectivity index (χ3n) is 9.67. The Kier molecular flexibility index (Phi) is 8.02. The summed E-state index contributed by atoms with van der Waals surface area (Å²) in [5.74, 6) is 0.598. The molecule has 1 saturated heterocycles. The number of fused-ring (bicyclic) bond motifs is 1. The number of hydrogen-bond donors (Lipinski definition) is 1. The highest BCUT2D eigenvalue weighted by atomic mass is 16.2. The number of nitrogens with one attached hydrogen (secondary N) is 1. The fraction of sp³-hybridized carbons (Fsp3) is 0.220. The zero-order valence-corrected chi connectivity index (χ0v) is 26.8. The number of carbonyl (C=O) groups is 1. The molecule has 46 heavy (non-hydrogen) atoms. The second kappa shape index (κ2) is 12.4. The maximum Gasteiger partial charge on any atom is 0.228 e. The van der Waals surface area contributed by atoms with E-state index in [9.17, 15) is 4.79 Å². The molecule has 1 N–H and O–H groups in total. The zero-order valence-electron chi connectivity index (χ0n) is 26.8. The Morgan fingerprint density at radius 1 is 0.717 bits per heavy atom. The minimum atomic E-state index is -0.807. The quantitative estimate of drug-likeness (QED) is 0.186. The third-order valence-corrected chi connectivity index (χ3v) is 9.67.